The molecule has 5 nitrogen and oxygen atoms in total. The number of aromatic nitrogens is 2. The Hall–Kier alpha value is -0.880. The molecule has 19 heavy (non-hydrogen) atoms. The number of hydrogen-bond donors (Lipinski definition) is 1. The van der Waals surface area contributed by atoms with E-state index in [4.69, 9.17) is 0 Å². The molecule has 1 N–H and O–H groups in total. The standard InChI is InChI=1S/C13H21BrN4O/c1-9(15-2)10-4-6-18(7-5-10)11-8-16-17(3)13(19)12(11)14/h8-10,15H,4-7H2,1-3H3. The summed E-state index contributed by atoms with van der Waals surface area (Å²) in [6.07, 6.45) is 4.06. The summed E-state index contributed by atoms with van der Waals surface area (Å²) >= 11 is 3.40. The molecule has 1 aliphatic heterocycles. The number of nitrogens with one attached hydrogen (secondary N) is 1. The second-order valence-electron chi connectivity index (χ2n) is 5.17. The first-order valence-corrected chi connectivity index (χ1v) is 7.48. The molecule has 0 saturated carbocycles. The quantitative estimate of drug-likeness (QED) is 0.910. The van der Waals surface area contributed by atoms with Gasteiger partial charge in [-0.2, -0.15) is 5.10 Å². The zero-order valence-electron chi connectivity index (χ0n) is 11.7. The number of anilines is 1. The molecule has 6 heteroatoms. The normalized spacial score (nSPS) is 18.6. The Balaban J connectivity index is 2.10. The van der Waals surface area contributed by atoms with Crippen molar-refractivity contribution in [3.8, 4) is 0 Å². The molecule has 0 amide bonds. The van der Waals surface area contributed by atoms with Crippen LogP contribution in [0.4, 0.5) is 5.69 Å². The van der Waals surface area contributed by atoms with Gasteiger partial charge in [0, 0.05) is 26.2 Å². The fourth-order valence-electron chi connectivity index (χ4n) is 2.60. The van der Waals surface area contributed by atoms with Crippen molar-refractivity contribution in [3.05, 3.63) is 21.0 Å². The van der Waals surface area contributed by atoms with Crippen molar-refractivity contribution < 1.29 is 0 Å². The van der Waals surface area contributed by atoms with Crippen LogP contribution < -0.4 is 15.8 Å². The maximum Gasteiger partial charge on any atom is 0.282 e. The molecule has 1 fully saturated rings. The van der Waals surface area contributed by atoms with Crippen LogP contribution in [0, 0.1) is 5.92 Å². The van der Waals surface area contributed by atoms with Crippen molar-refractivity contribution in [3.63, 3.8) is 0 Å². The van der Waals surface area contributed by atoms with Crippen LogP contribution in [0.3, 0.4) is 0 Å². The Morgan fingerprint density at radius 3 is 2.68 bits per heavy atom. The minimum Gasteiger partial charge on any atom is -0.369 e. The van der Waals surface area contributed by atoms with E-state index in [0.717, 1.165) is 31.6 Å². The maximum absolute atomic E-state index is 11.9. The highest BCUT2D eigenvalue weighted by molar-refractivity contribution is 9.10. The van der Waals surface area contributed by atoms with Gasteiger partial charge in [-0.3, -0.25) is 4.79 Å². The molecular formula is C13H21BrN4O. The number of rotatable bonds is 3. The van der Waals surface area contributed by atoms with E-state index in [1.807, 2.05) is 7.05 Å². The summed E-state index contributed by atoms with van der Waals surface area (Å²) in [5, 5.41) is 7.43. The van der Waals surface area contributed by atoms with Crippen LogP contribution in [0.25, 0.3) is 0 Å². The third kappa shape index (κ3) is 3.00. The molecular weight excluding hydrogens is 308 g/mol. The van der Waals surface area contributed by atoms with Crippen molar-refractivity contribution in [1.29, 1.82) is 0 Å². The molecule has 0 bridgehead atoms. The largest absolute Gasteiger partial charge is 0.369 e. The summed E-state index contributed by atoms with van der Waals surface area (Å²) in [5.41, 5.74) is 0.835. The molecule has 0 aromatic carbocycles. The van der Waals surface area contributed by atoms with Gasteiger partial charge in [-0.1, -0.05) is 0 Å². The van der Waals surface area contributed by atoms with Gasteiger partial charge in [-0.25, -0.2) is 4.68 Å². The molecule has 0 spiro atoms. The summed E-state index contributed by atoms with van der Waals surface area (Å²) in [4.78, 5) is 14.1. The van der Waals surface area contributed by atoms with Crippen molar-refractivity contribution in [2.24, 2.45) is 13.0 Å². The fourth-order valence-corrected chi connectivity index (χ4v) is 3.21. The number of nitrogens with zero attached hydrogens (tertiary/aromatic N) is 3. The van der Waals surface area contributed by atoms with Crippen molar-refractivity contribution in [2.75, 3.05) is 25.0 Å². The molecule has 2 heterocycles. The maximum atomic E-state index is 11.9. The van der Waals surface area contributed by atoms with Crippen LogP contribution in [-0.4, -0.2) is 36.0 Å². The Morgan fingerprint density at radius 1 is 1.47 bits per heavy atom. The van der Waals surface area contributed by atoms with Gasteiger partial charge in [-0.15, -0.1) is 0 Å². The number of hydrogen-bond acceptors (Lipinski definition) is 4. The Labute approximate surface area is 122 Å². The lowest BCUT2D eigenvalue weighted by Crippen LogP contribution is -2.41. The highest BCUT2D eigenvalue weighted by Gasteiger charge is 2.24. The van der Waals surface area contributed by atoms with Crippen molar-refractivity contribution >= 4 is 21.6 Å². The van der Waals surface area contributed by atoms with Gasteiger partial charge in [-0.05, 0) is 48.7 Å². The van der Waals surface area contributed by atoms with E-state index in [0.29, 0.717) is 16.4 Å². The Bertz CT molecular complexity index is 494. The minimum absolute atomic E-state index is 0.0804. The topological polar surface area (TPSA) is 50.2 Å². The smallest absolute Gasteiger partial charge is 0.282 e. The van der Waals surface area contributed by atoms with E-state index in [1.165, 1.54) is 4.68 Å². The number of halogens is 1. The molecule has 2 rings (SSSR count). The summed E-state index contributed by atoms with van der Waals surface area (Å²) in [6, 6.07) is 0.548. The first kappa shape index (κ1) is 14.5. The lowest BCUT2D eigenvalue weighted by atomic mass is 9.90. The number of aryl methyl sites for hydroxylation is 1. The van der Waals surface area contributed by atoms with E-state index < -0.39 is 0 Å². The summed E-state index contributed by atoms with van der Waals surface area (Å²) in [6.45, 7) is 4.18. The minimum atomic E-state index is -0.0804. The summed E-state index contributed by atoms with van der Waals surface area (Å²) < 4.78 is 1.97. The molecule has 1 aliphatic rings. The lowest BCUT2D eigenvalue weighted by molar-refractivity contribution is 0.323. The first-order valence-electron chi connectivity index (χ1n) is 6.68. The van der Waals surface area contributed by atoms with E-state index in [9.17, 15) is 4.79 Å². The third-order valence-corrected chi connectivity index (χ3v) is 4.85. The molecule has 0 aliphatic carbocycles. The second-order valence-corrected chi connectivity index (χ2v) is 5.97. The fraction of sp³-hybridized carbons (Fsp3) is 0.692. The third-order valence-electron chi connectivity index (χ3n) is 4.10. The molecule has 106 valence electrons. The van der Waals surface area contributed by atoms with Gasteiger partial charge in [0.25, 0.3) is 5.56 Å². The zero-order chi connectivity index (χ0) is 14.0. The van der Waals surface area contributed by atoms with E-state index in [-0.39, 0.29) is 5.56 Å². The average molecular weight is 329 g/mol. The van der Waals surface area contributed by atoms with Crippen LogP contribution in [-0.2, 0) is 7.05 Å². The van der Waals surface area contributed by atoms with E-state index in [1.54, 1.807) is 13.2 Å². The predicted octanol–water partition coefficient (Wildman–Crippen LogP) is 1.37. The average Bonchev–Trinajstić information content (AvgIpc) is 2.44. The Kier molecular flexibility index (Phi) is 4.62. The SMILES string of the molecule is CNC(C)C1CCN(c2cnn(C)c(=O)c2Br)CC1. The molecule has 1 aromatic heterocycles. The van der Waals surface area contributed by atoms with Gasteiger partial charge in [0.05, 0.1) is 11.9 Å². The second kappa shape index (κ2) is 6.05. The van der Waals surface area contributed by atoms with Gasteiger partial charge in [0.15, 0.2) is 0 Å². The number of piperidine rings is 1. The Morgan fingerprint density at radius 2 is 2.11 bits per heavy atom. The van der Waals surface area contributed by atoms with Crippen molar-refractivity contribution in [2.45, 2.75) is 25.8 Å². The molecule has 1 unspecified atom stereocenters. The van der Waals surface area contributed by atoms with Crippen LogP contribution >= 0.6 is 15.9 Å². The van der Waals surface area contributed by atoms with Gasteiger partial charge >= 0.3 is 0 Å². The predicted molar refractivity (Wildman–Crippen MR) is 80.6 cm³/mol. The molecule has 1 aromatic rings. The van der Waals surface area contributed by atoms with Gasteiger partial charge in [0.2, 0.25) is 0 Å². The monoisotopic (exact) mass is 328 g/mol. The van der Waals surface area contributed by atoms with E-state index >= 15 is 0 Å². The van der Waals surface area contributed by atoms with Crippen LogP contribution in [0.2, 0.25) is 0 Å². The molecule has 1 atom stereocenters. The van der Waals surface area contributed by atoms with Gasteiger partial charge in [0.1, 0.15) is 4.47 Å². The van der Waals surface area contributed by atoms with Crippen LogP contribution in [0.5, 0.6) is 0 Å². The van der Waals surface area contributed by atoms with E-state index in [2.05, 4.69) is 38.2 Å². The highest BCUT2D eigenvalue weighted by atomic mass is 79.9. The summed E-state index contributed by atoms with van der Waals surface area (Å²) in [5.74, 6) is 0.708. The first-order chi connectivity index (χ1) is 9.04. The zero-order valence-corrected chi connectivity index (χ0v) is 13.3. The van der Waals surface area contributed by atoms with Crippen LogP contribution in [0.15, 0.2) is 15.5 Å². The van der Waals surface area contributed by atoms with Gasteiger partial charge < -0.3 is 10.2 Å². The van der Waals surface area contributed by atoms with Crippen molar-refractivity contribution in [1.82, 2.24) is 15.1 Å². The lowest BCUT2D eigenvalue weighted by Gasteiger charge is -2.36. The summed E-state index contributed by atoms with van der Waals surface area (Å²) in [7, 11) is 3.68. The molecule has 0 radical (unpaired) electrons. The molecule has 1 saturated heterocycles. The van der Waals surface area contributed by atoms with Crippen LogP contribution in [0.1, 0.15) is 19.8 Å². The highest BCUT2D eigenvalue weighted by Crippen LogP contribution is 2.28.